The minimum atomic E-state index is -1.93. The van der Waals surface area contributed by atoms with Crippen LogP contribution in [0.2, 0.25) is 0 Å². The first kappa shape index (κ1) is 23.3. The molecule has 8 nitrogen and oxygen atoms in total. The van der Waals surface area contributed by atoms with Gasteiger partial charge >= 0.3 is 5.97 Å². The van der Waals surface area contributed by atoms with Gasteiger partial charge in [0.25, 0.3) is 5.56 Å². The SMILES string of the molecule is CC[C@@]1(O)C(=O)OCc2c1cc1n(c2=O)Cc2c-1nc1cc(F)c(C)c3c1c2C(CCO)(OC)CC3. The molecule has 6 rings (SSSR count). The quantitative estimate of drug-likeness (QED) is 0.420. The highest BCUT2D eigenvalue weighted by Crippen LogP contribution is 2.50. The minimum Gasteiger partial charge on any atom is -0.458 e. The molecule has 1 aromatic carbocycles. The summed E-state index contributed by atoms with van der Waals surface area (Å²) < 4.78 is 27.8. The Labute approximate surface area is 206 Å². The number of aromatic nitrogens is 2. The normalized spacial score (nSPS) is 23.9. The number of hydrogen-bond donors (Lipinski definition) is 2. The Morgan fingerprint density at radius 2 is 2.03 bits per heavy atom. The molecule has 36 heavy (non-hydrogen) atoms. The van der Waals surface area contributed by atoms with Gasteiger partial charge in [-0.15, -0.1) is 0 Å². The maximum atomic E-state index is 15.0. The first-order chi connectivity index (χ1) is 17.2. The number of cyclic esters (lactones) is 1. The van der Waals surface area contributed by atoms with Gasteiger partial charge in [0.05, 0.1) is 34.6 Å². The Balaban J connectivity index is 1.72. The number of hydrogen-bond acceptors (Lipinski definition) is 7. The van der Waals surface area contributed by atoms with Crippen LogP contribution in [0.25, 0.3) is 22.3 Å². The second-order valence-electron chi connectivity index (χ2n) is 9.95. The molecule has 3 aromatic rings. The van der Waals surface area contributed by atoms with E-state index in [1.807, 2.05) is 0 Å². The van der Waals surface area contributed by atoms with Crippen molar-refractivity contribution in [1.29, 1.82) is 0 Å². The summed E-state index contributed by atoms with van der Waals surface area (Å²) in [6.07, 6.45) is 1.50. The summed E-state index contributed by atoms with van der Waals surface area (Å²) in [5.41, 5.74) is 1.76. The number of rotatable bonds is 4. The Hall–Kier alpha value is -3.14. The van der Waals surface area contributed by atoms with Gasteiger partial charge in [-0.25, -0.2) is 14.2 Å². The van der Waals surface area contributed by atoms with E-state index in [4.69, 9.17) is 14.5 Å². The van der Waals surface area contributed by atoms with Crippen molar-refractivity contribution in [2.75, 3.05) is 13.7 Å². The van der Waals surface area contributed by atoms with Crippen LogP contribution in [0.4, 0.5) is 4.39 Å². The molecule has 2 atom stereocenters. The summed E-state index contributed by atoms with van der Waals surface area (Å²) in [6, 6.07) is 3.05. The highest BCUT2D eigenvalue weighted by molar-refractivity contribution is 5.93. The van der Waals surface area contributed by atoms with Crippen molar-refractivity contribution in [3.63, 3.8) is 0 Å². The summed E-state index contributed by atoms with van der Waals surface area (Å²) in [5, 5.41) is 21.9. The molecule has 9 heteroatoms. The summed E-state index contributed by atoms with van der Waals surface area (Å²) in [7, 11) is 1.60. The number of aliphatic hydroxyl groups is 2. The lowest BCUT2D eigenvalue weighted by Crippen LogP contribution is -2.44. The van der Waals surface area contributed by atoms with Crippen molar-refractivity contribution in [3.05, 3.63) is 61.7 Å². The van der Waals surface area contributed by atoms with E-state index >= 15 is 0 Å². The van der Waals surface area contributed by atoms with Gasteiger partial charge in [-0.1, -0.05) is 6.92 Å². The number of esters is 1. The van der Waals surface area contributed by atoms with Gasteiger partial charge < -0.3 is 24.3 Å². The van der Waals surface area contributed by atoms with E-state index in [2.05, 4.69) is 0 Å². The third-order valence-corrected chi connectivity index (χ3v) is 8.44. The van der Waals surface area contributed by atoms with Crippen LogP contribution in [-0.4, -0.2) is 39.5 Å². The van der Waals surface area contributed by atoms with Gasteiger partial charge in [-0.3, -0.25) is 4.79 Å². The number of methoxy groups -OCH3 is 1. The lowest BCUT2D eigenvalue weighted by Gasteiger charge is -2.39. The molecule has 4 heterocycles. The van der Waals surface area contributed by atoms with E-state index in [0.29, 0.717) is 41.7 Å². The lowest BCUT2D eigenvalue weighted by molar-refractivity contribution is -0.172. The van der Waals surface area contributed by atoms with Gasteiger partial charge in [-0.2, -0.15) is 0 Å². The average molecular weight is 495 g/mol. The third-order valence-electron chi connectivity index (χ3n) is 8.44. The topological polar surface area (TPSA) is 111 Å². The molecule has 3 aliphatic rings. The summed E-state index contributed by atoms with van der Waals surface area (Å²) in [6.45, 7) is 3.30. The number of nitrogens with zero attached hydrogens (tertiary/aromatic N) is 2. The van der Waals surface area contributed by atoms with E-state index in [0.717, 1.165) is 22.1 Å². The molecule has 1 unspecified atom stereocenters. The molecule has 0 bridgehead atoms. The van der Waals surface area contributed by atoms with Crippen LogP contribution in [0, 0.1) is 12.7 Å². The number of benzene rings is 1. The standard InChI is InChI=1S/C27H27FN2O6/c1-4-27(34)17-9-20-23-15(11-30(20)24(32)16(17)12-36-25(27)33)22-21-14(5-6-26(22,35-3)7-8-31)13(2)18(28)10-19(21)29-23/h9-10,31,34H,4-8,11-12H2,1-3H3/t26?,27-/m0/s1. The Kier molecular flexibility index (Phi) is 4.96. The van der Waals surface area contributed by atoms with Crippen LogP contribution < -0.4 is 5.56 Å². The number of aliphatic hydroxyl groups excluding tert-OH is 1. The second-order valence-corrected chi connectivity index (χ2v) is 9.95. The van der Waals surface area contributed by atoms with Gasteiger partial charge in [0.15, 0.2) is 5.60 Å². The fraction of sp³-hybridized carbons (Fsp3) is 0.444. The predicted octanol–water partition coefficient (Wildman–Crippen LogP) is 2.70. The van der Waals surface area contributed by atoms with Crippen LogP contribution in [-0.2, 0) is 45.0 Å². The first-order valence-corrected chi connectivity index (χ1v) is 12.2. The summed E-state index contributed by atoms with van der Waals surface area (Å²) in [4.78, 5) is 30.9. The number of aryl methyl sites for hydroxylation is 1. The maximum absolute atomic E-state index is 15.0. The molecule has 2 aliphatic heterocycles. The van der Waals surface area contributed by atoms with E-state index < -0.39 is 17.2 Å². The molecule has 188 valence electrons. The van der Waals surface area contributed by atoms with Gasteiger partial charge in [-0.05, 0) is 43.4 Å². The molecule has 0 saturated carbocycles. The number of halogens is 1. The molecule has 0 amide bonds. The van der Waals surface area contributed by atoms with Crippen LogP contribution in [0.1, 0.15) is 59.6 Å². The molecular formula is C27H27FN2O6. The molecule has 0 spiro atoms. The average Bonchev–Trinajstić information content (AvgIpc) is 3.24. The zero-order valence-corrected chi connectivity index (χ0v) is 20.4. The molecule has 1 aliphatic carbocycles. The van der Waals surface area contributed by atoms with Gasteiger partial charge in [0, 0.05) is 48.3 Å². The molecule has 0 fully saturated rings. The van der Waals surface area contributed by atoms with Crippen molar-refractivity contribution in [1.82, 2.24) is 9.55 Å². The Bertz CT molecular complexity index is 1550. The maximum Gasteiger partial charge on any atom is 0.343 e. The van der Waals surface area contributed by atoms with Crippen LogP contribution >= 0.6 is 0 Å². The number of pyridine rings is 2. The van der Waals surface area contributed by atoms with Crippen molar-refractivity contribution in [2.45, 2.75) is 63.9 Å². The number of carbonyl (C=O) groups is 1. The van der Waals surface area contributed by atoms with Gasteiger partial charge in [0.2, 0.25) is 0 Å². The van der Waals surface area contributed by atoms with Crippen molar-refractivity contribution in [2.24, 2.45) is 0 Å². The van der Waals surface area contributed by atoms with E-state index in [1.165, 1.54) is 6.07 Å². The molecule has 2 aromatic heterocycles. The zero-order valence-electron chi connectivity index (χ0n) is 20.4. The Morgan fingerprint density at radius 3 is 2.72 bits per heavy atom. The van der Waals surface area contributed by atoms with E-state index in [-0.39, 0.29) is 48.7 Å². The predicted molar refractivity (Wildman–Crippen MR) is 128 cm³/mol. The van der Waals surface area contributed by atoms with Crippen LogP contribution in [0.15, 0.2) is 16.9 Å². The first-order valence-electron chi connectivity index (χ1n) is 12.2. The fourth-order valence-corrected chi connectivity index (χ4v) is 6.39. The number of ether oxygens (including phenoxy) is 2. The summed E-state index contributed by atoms with van der Waals surface area (Å²) >= 11 is 0. The third kappa shape index (κ3) is 2.76. The monoisotopic (exact) mass is 494 g/mol. The van der Waals surface area contributed by atoms with Crippen molar-refractivity contribution < 1.29 is 28.9 Å². The molecule has 0 saturated heterocycles. The summed E-state index contributed by atoms with van der Waals surface area (Å²) in [5.74, 6) is -1.14. The second kappa shape index (κ2) is 7.68. The van der Waals surface area contributed by atoms with Crippen molar-refractivity contribution in [3.8, 4) is 11.4 Å². The zero-order chi connectivity index (χ0) is 25.6. The largest absolute Gasteiger partial charge is 0.458 e. The van der Waals surface area contributed by atoms with Crippen molar-refractivity contribution >= 4 is 16.9 Å². The van der Waals surface area contributed by atoms with E-state index in [1.54, 1.807) is 31.6 Å². The fourth-order valence-electron chi connectivity index (χ4n) is 6.39. The molecule has 2 N–H and O–H groups in total. The molecular weight excluding hydrogens is 467 g/mol. The van der Waals surface area contributed by atoms with E-state index in [9.17, 15) is 24.2 Å². The van der Waals surface area contributed by atoms with Crippen LogP contribution in [0.5, 0.6) is 0 Å². The minimum absolute atomic E-state index is 0.0438. The van der Waals surface area contributed by atoms with Crippen LogP contribution in [0.3, 0.4) is 0 Å². The highest BCUT2D eigenvalue weighted by atomic mass is 19.1. The Morgan fingerprint density at radius 1 is 1.25 bits per heavy atom. The van der Waals surface area contributed by atoms with Gasteiger partial charge in [0.1, 0.15) is 12.4 Å². The smallest absolute Gasteiger partial charge is 0.343 e. The number of fused-ring (bicyclic) bond motifs is 5. The molecule has 0 radical (unpaired) electrons. The highest BCUT2D eigenvalue weighted by Gasteiger charge is 2.47. The number of carbonyl (C=O) groups excluding carboxylic acids is 1. The lowest BCUT2D eigenvalue weighted by atomic mass is 9.73.